The second-order valence-corrected chi connectivity index (χ2v) is 8.53. The zero-order valence-electron chi connectivity index (χ0n) is 12.1. The van der Waals surface area contributed by atoms with E-state index in [-0.39, 0.29) is 11.3 Å². The van der Waals surface area contributed by atoms with E-state index in [0.29, 0.717) is 19.1 Å². The maximum Gasteiger partial charge on any atom is 0.148 e. The van der Waals surface area contributed by atoms with Gasteiger partial charge >= 0.3 is 0 Å². The molecule has 2 unspecified atom stereocenters. The monoisotopic (exact) mass is 289 g/mol. The van der Waals surface area contributed by atoms with Crippen LogP contribution in [0.25, 0.3) is 0 Å². The standard InChI is InChI=1S/C13H27N3O2S/c1-15(8-9-19(2,17)18)13(11-14)5-7-16-6-3-4-12(16)10-13/h12H,3-11,14H2,1-2H3. The van der Waals surface area contributed by atoms with Crippen molar-refractivity contribution in [1.82, 2.24) is 9.80 Å². The van der Waals surface area contributed by atoms with E-state index in [1.165, 1.54) is 25.6 Å². The Kier molecular flexibility index (Phi) is 4.55. The summed E-state index contributed by atoms with van der Waals surface area (Å²) in [5.74, 6) is 0.222. The molecule has 0 radical (unpaired) electrons. The fraction of sp³-hybridized carbons (Fsp3) is 1.00. The predicted octanol–water partition coefficient (Wildman–Crippen LogP) is -0.0815. The number of sulfone groups is 1. The van der Waals surface area contributed by atoms with E-state index < -0.39 is 9.84 Å². The van der Waals surface area contributed by atoms with Crippen LogP contribution in [0.1, 0.15) is 25.7 Å². The Balaban J connectivity index is 2.01. The van der Waals surface area contributed by atoms with Gasteiger partial charge in [-0.05, 0) is 39.3 Å². The number of nitrogens with zero attached hydrogens (tertiary/aromatic N) is 2. The van der Waals surface area contributed by atoms with Crippen LogP contribution in [0.2, 0.25) is 0 Å². The number of fused-ring (bicyclic) bond motifs is 1. The average molecular weight is 289 g/mol. The van der Waals surface area contributed by atoms with E-state index in [1.54, 1.807) is 0 Å². The van der Waals surface area contributed by atoms with Crippen molar-refractivity contribution in [2.75, 3.05) is 45.2 Å². The molecule has 0 aromatic carbocycles. The van der Waals surface area contributed by atoms with Gasteiger partial charge in [0.05, 0.1) is 5.75 Å². The minimum atomic E-state index is -2.90. The third kappa shape index (κ3) is 3.48. The van der Waals surface area contributed by atoms with E-state index in [1.807, 2.05) is 7.05 Å². The van der Waals surface area contributed by atoms with Crippen molar-refractivity contribution in [3.05, 3.63) is 0 Å². The summed E-state index contributed by atoms with van der Waals surface area (Å²) in [4.78, 5) is 4.77. The first-order valence-electron chi connectivity index (χ1n) is 7.19. The summed E-state index contributed by atoms with van der Waals surface area (Å²) in [6, 6.07) is 0.651. The maximum atomic E-state index is 11.3. The van der Waals surface area contributed by atoms with Gasteiger partial charge in [0.25, 0.3) is 0 Å². The Morgan fingerprint density at radius 1 is 1.42 bits per heavy atom. The molecule has 19 heavy (non-hydrogen) atoms. The number of hydrogen-bond acceptors (Lipinski definition) is 5. The molecule has 0 aromatic rings. The third-order valence-corrected chi connectivity index (χ3v) is 5.89. The normalized spacial score (nSPS) is 32.7. The van der Waals surface area contributed by atoms with Gasteiger partial charge in [0.2, 0.25) is 0 Å². The molecule has 0 saturated carbocycles. The summed E-state index contributed by atoms with van der Waals surface area (Å²) >= 11 is 0. The quantitative estimate of drug-likeness (QED) is 0.767. The third-order valence-electron chi connectivity index (χ3n) is 4.97. The number of piperidine rings is 1. The first-order chi connectivity index (χ1) is 8.86. The van der Waals surface area contributed by atoms with Crippen molar-refractivity contribution in [1.29, 1.82) is 0 Å². The van der Waals surface area contributed by atoms with Crippen LogP contribution in [0, 0.1) is 0 Å². The lowest BCUT2D eigenvalue weighted by Crippen LogP contribution is -2.60. The lowest BCUT2D eigenvalue weighted by Gasteiger charge is -2.49. The molecule has 2 saturated heterocycles. The van der Waals surface area contributed by atoms with Gasteiger partial charge in [-0.1, -0.05) is 0 Å². The van der Waals surface area contributed by atoms with Gasteiger partial charge in [0.15, 0.2) is 0 Å². The topological polar surface area (TPSA) is 66.6 Å². The van der Waals surface area contributed by atoms with Crippen LogP contribution in [0.4, 0.5) is 0 Å². The van der Waals surface area contributed by atoms with Crippen LogP contribution in [-0.4, -0.2) is 75.0 Å². The van der Waals surface area contributed by atoms with Crippen LogP contribution in [0.15, 0.2) is 0 Å². The van der Waals surface area contributed by atoms with Crippen molar-refractivity contribution in [3.8, 4) is 0 Å². The highest BCUT2D eigenvalue weighted by atomic mass is 32.2. The van der Waals surface area contributed by atoms with Gasteiger partial charge in [-0.15, -0.1) is 0 Å². The molecule has 2 rings (SSSR count). The van der Waals surface area contributed by atoms with Crippen LogP contribution < -0.4 is 5.73 Å². The van der Waals surface area contributed by atoms with Crippen LogP contribution in [0.5, 0.6) is 0 Å². The molecule has 0 aliphatic carbocycles. The predicted molar refractivity (Wildman–Crippen MR) is 78.0 cm³/mol. The van der Waals surface area contributed by atoms with Crippen LogP contribution >= 0.6 is 0 Å². The Hall–Kier alpha value is -0.170. The highest BCUT2D eigenvalue weighted by Gasteiger charge is 2.43. The molecular weight excluding hydrogens is 262 g/mol. The molecule has 2 atom stereocenters. The van der Waals surface area contributed by atoms with Crippen LogP contribution in [-0.2, 0) is 9.84 Å². The molecule has 5 nitrogen and oxygen atoms in total. The van der Waals surface area contributed by atoms with E-state index in [2.05, 4.69) is 9.80 Å². The van der Waals surface area contributed by atoms with Gasteiger partial charge in [-0.25, -0.2) is 8.42 Å². The zero-order valence-corrected chi connectivity index (χ0v) is 13.0. The van der Waals surface area contributed by atoms with Gasteiger partial charge in [-0.3, -0.25) is 4.90 Å². The number of nitrogens with two attached hydrogens (primary N) is 1. The average Bonchev–Trinajstić information content (AvgIpc) is 2.81. The van der Waals surface area contributed by atoms with Gasteiger partial charge in [0, 0.05) is 37.5 Å². The fourth-order valence-corrected chi connectivity index (χ4v) is 4.15. The lowest BCUT2D eigenvalue weighted by atomic mass is 9.82. The second-order valence-electron chi connectivity index (χ2n) is 6.27. The Morgan fingerprint density at radius 2 is 2.16 bits per heavy atom. The number of likely N-dealkylation sites (N-methyl/N-ethyl adjacent to an activating group) is 1. The molecule has 2 fully saturated rings. The van der Waals surface area contributed by atoms with E-state index in [4.69, 9.17) is 5.73 Å². The second kappa shape index (κ2) is 5.68. The van der Waals surface area contributed by atoms with Gasteiger partial charge in [0.1, 0.15) is 9.84 Å². The van der Waals surface area contributed by atoms with Crippen molar-refractivity contribution < 1.29 is 8.42 Å². The fourth-order valence-electron chi connectivity index (χ4n) is 3.54. The molecule has 2 aliphatic heterocycles. The highest BCUT2D eigenvalue weighted by Crippen LogP contribution is 2.35. The van der Waals surface area contributed by atoms with Gasteiger partial charge < -0.3 is 10.6 Å². The Morgan fingerprint density at radius 3 is 2.79 bits per heavy atom. The molecular formula is C13H27N3O2S. The molecule has 0 bridgehead atoms. The minimum absolute atomic E-state index is 0.00377. The van der Waals surface area contributed by atoms with Crippen molar-refractivity contribution in [3.63, 3.8) is 0 Å². The summed E-state index contributed by atoms with van der Waals surface area (Å²) in [7, 11) is -0.873. The summed E-state index contributed by atoms with van der Waals surface area (Å²) in [6.45, 7) is 3.53. The Labute approximate surface area is 117 Å². The molecule has 6 heteroatoms. The van der Waals surface area contributed by atoms with Crippen molar-refractivity contribution >= 4 is 9.84 Å². The van der Waals surface area contributed by atoms with Crippen molar-refractivity contribution in [2.24, 2.45) is 5.73 Å². The minimum Gasteiger partial charge on any atom is -0.329 e. The molecule has 0 spiro atoms. The maximum absolute atomic E-state index is 11.3. The smallest absolute Gasteiger partial charge is 0.148 e. The lowest BCUT2D eigenvalue weighted by molar-refractivity contribution is 0.0304. The molecule has 0 amide bonds. The summed E-state index contributed by atoms with van der Waals surface area (Å²) in [5, 5.41) is 0. The Bertz CT molecular complexity index is 412. The summed E-state index contributed by atoms with van der Waals surface area (Å²) < 4.78 is 22.7. The summed E-state index contributed by atoms with van der Waals surface area (Å²) in [5.41, 5.74) is 6.05. The van der Waals surface area contributed by atoms with E-state index in [0.717, 1.165) is 19.4 Å². The van der Waals surface area contributed by atoms with Crippen LogP contribution in [0.3, 0.4) is 0 Å². The zero-order chi connectivity index (χ0) is 14.1. The van der Waals surface area contributed by atoms with E-state index in [9.17, 15) is 8.42 Å². The largest absolute Gasteiger partial charge is 0.329 e. The first kappa shape index (κ1) is 15.2. The summed E-state index contributed by atoms with van der Waals surface area (Å²) in [6.07, 6.45) is 6.00. The molecule has 2 aliphatic rings. The first-order valence-corrected chi connectivity index (χ1v) is 9.25. The molecule has 112 valence electrons. The molecule has 2 N–H and O–H groups in total. The van der Waals surface area contributed by atoms with E-state index >= 15 is 0 Å². The molecule has 2 heterocycles. The SMILES string of the molecule is CN(CCS(C)(=O)=O)C1(CN)CCN2CCCC2C1. The number of hydrogen-bond donors (Lipinski definition) is 1. The highest BCUT2D eigenvalue weighted by molar-refractivity contribution is 7.90. The van der Waals surface area contributed by atoms with Crippen molar-refractivity contribution in [2.45, 2.75) is 37.3 Å². The number of rotatable bonds is 5. The molecule has 0 aromatic heterocycles. The van der Waals surface area contributed by atoms with Gasteiger partial charge in [-0.2, -0.15) is 0 Å².